The maximum absolute atomic E-state index is 5.60. The van der Waals surface area contributed by atoms with Gasteiger partial charge in [0.25, 0.3) is 0 Å². The first kappa shape index (κ1) is 15.0. The van der Waals surface area contributed by atoms with Crippen molar-refractivity contribution in [2.75, 3.05) is 25.0 Å². The molecule has 96 valence electrons. The van der Waals surface area contributed by atoms with Crippen LogP contribution in [0, 0.1) is 0 Å². The molecule has 0 fully saturated rings. The van der Waals surface area contributed by atoms with Gasteiger partial charge in [-0.3, -0.25) is 0 Å². The second kappa shape index (κ2) is 9.92. The van der Waals surface area contributed by atoms with Gasteiger partial charge in [-0.2, -0.15) is 0 Å². The van der Waals surface area contributed by atoms with Gasteiger partial charge in [0.1, 0.15) is 12.4 Å². The first-order valence-electron chi connectivity index (χ1n) is 5.98. The zero-order valence-electron chi connectivity index (χ0n) is 9.92. The van der Waals surface area contributed by atoms with Gasteiger partial charge in [-0.25, -0.2) is 0 Å². The monoisotopic (exact) mass is 363 g/mol. The maximum atomic E-state index is 5.60. The summed E-state index contributed by atoms with van der Waals surface area (Å²) in [5, 5.41) is 4.49. The van der Waals surface area contributed by atoms with Gasteiger partial charge in [0, 0.05) is 16.3 Å². The van der Waals surface area contributed by atoms with E-state index in [1.54, 1.807) is 0 Å². The second-order valence-corrected chi connectivity index (χ2v) is 5.51. The van der Waals surface area contributed by atoms with Crippen LogP contribution in [0.1, 0.15) is 19.3 Å². The van der Waals surface area contributed by atoms with Crippen LogP contribution >= 0.6 is 31.9 Å². The Balaban J connectivity index is 1.95. The van der Waals surface area contributed by atoms with E-state index in [0.717, 1.165) is 35.2 Å². The van der Waals surface area contributed by atoms with Gasteiger partial charge in [0.2, 0.25) is 0 Å². The van der Waals surface area contributed by atoms with Crippen LogP contribution in [0.4, 0.5) is 0 Å². The quantitative estimate of drug-likeness (QED) is 0.528. The van der Waals surface area contributed by atoms with Crippen molar-refractivity contribution < 1.29 is 4.74 Å². The molecule has 1 rings (SSSR count). The van der Waals surface area contributed by atoms with Crippen LogP contribution in [0.15, 0.2) is 28.7 Å². The molecule has 0 atom stereocenters. The van der Waals surface area contributed by atoms with E-state index in [1.165, 1.54) is 19.3 Å². The lowest BCUT2D eigenvalue weighted by Crippen LogP contribution is -2.22. The Kier molecular flexibility index (Phi) is 8.75. The number of nitrogens with one attached hydrogen (secondary N) is 1. The summed E-state index contributed by atoms with van der Waals surface area (Å²) in [7, 11) is 0. The summed E-state index contributed by atoms with van der Waals surface area (Å²) < 4.78 is 6.68. The lowest BCUT2D eigenvalue weighted by atomic mass is 10.2. The molecule has 0 aliphatic rings. The molecule has 0 radical (unpaired) electrons. The number of hydrogen-bond donors (Lipinski definition) is 1. The molecule has 17 heavy (non-hydrogen) atoms. The molecule has 2 nitrogen and oxygen atoms in total. The van der Waals surface area contributed by atoms with E-state index in [0.29, 0.717) is 0 Å². The highest BCUT2D eigenvalue weighted by Gasteiger charge is 1.93. The van der Waals surface area contributed by atoms with Crippen LogP contribution in [0.3, 0.4) is 0 Å². The van der Waals surface area contributed by atoms with E-state index in [1.807, 2.05) is 24.3 Å². The Morgan fingerprint density at radius 1 is 1.00 bits per heavy atom. The Morgan fingerprint density at radius 3 is 2.47 bits per heavy atom. The summed E-state index contributed by atoms with van der Waals surface area (Å²) in [5.41, 5.74) is 0. The first-order valence-corrected chi connectivity index (χ1v) is 7.89. The van der Waals surface area contributed by atoms with Gasteiger partial charge in [0.05, 0.1) is 0 Å². The SMILES string of the molecule is BrCCCCCNCCOc1ccc(Br)cc1. The van der Waals surface area contributed by atoms with Gasteiger partial charge in [-0.05, 0) is 43.7 Å². The van der Waals surface area contributed by atoms with Crippen LogP contribution in [-0.4, -0.2) is 25.0 Å². The molecule has 1 aromatic rings. The number of halogens is 2. The number of benzene rings is 1. The topological polar surface area (TPSA) is 21.3 Å². The predicted molar refractivity (Wildman–Crippen MR) is 80.2 cm³/mol. The number of alkyl halides is 1. The van der Waals surface area contributed by atoms with Crippen molar-refractivity contribution >= 4 is 31.9 Å². The van der Waals surface area contributed by atoms with E-state index in [2.05, 4.69) is 37.2 Å². The number of unbranched alkanes of at least 4 members (excludes halogenated alkanes) is 2. The van der Waals surface area contributed by atoms with Crippen molar-refractivity contribution in [3.63, 3.8) is 0 Å². The lowest BCUT2D eigenvalue weighted by Gasteiger charge is -2.07. The van der Waals surface area contributed by atoms with Crippen LogP contribution in [0.25, 0.3) is 0 Å². The number of rotatable bonds is 9. The molecule has 0 aromatic heterocycles. The van der Waals surface area contributed by atoms with Crippen LogP contribution in [-0.2, 0) is 0 Å². The largest absolute Gasteiger partial charge is 0.492 e. The molecule has 0 saturated carbocycles. The zero-order valence-corrected chi connectivity index (χ0v) is 13.1. The minimum Gasteiger partial charge on any atom is -0.492 e. The van der Waals surface area contributed by atoms with Gasteiger partial charge >= 0.3 is 0 Å². The summed E-state index contributed by atoms with van der Waals surface area (Å²) >= 11 is 6.83. The minimum atomic E-state index is 0.722. The van der Waals surface area contributed by atoms with Crippen molar-refractivity contribution in [1.82, 2.24) is 5.32 Å². The highest BCUT2D eigenvalue weighted by molar-refractivity contribution is 9.10. The molecule has 0 amide bonds. The molecule has 0 unspecified atom stereocenters. The highest BCUT2D eigenvalue weighted by Crippen LogP contribution is 2.15. The van der Waals surface area contributed by atoms with Gasteiger partial charge in [0.15, 0.2) is 0 Å². The summed E-state index contributed by atoms with van der Waals surface area (Å²) in [5.74, 6) is 0.925. The van der Waals surface area contributed by atoms with Crippen molar-refractivity contribution in [1.29, 1.82) is 0 Å². The van der Waals surface area contributed by atoms with Crippen molar-refractivity contribution in [3.8, 4) is 5.75 Å². The zero-order chi connectivity index (χ0) is 12.3. The average molecular weight is 365 g/mol. The molecule has 0 aliphatic heterocycles. The molecule has 0 heterocycles. The van der Waals surface area contributed by atoms with Gasteiger partial charge in [-0.1, -0.05) is 38.3 Å². The summed E-state index contributed by atoms with van der Waals surface area (Å²) in [6.07, 6.45) is 3.78. The third-order valence-corrected chi connectivity index (χ3v) is 3.44. The van der Waals surface area contributed by atoms with Crippen molar-refractivity contribution in [2.45, 2.75) is 19.3 Å². The van der Waals surface area contributed by atoms with E-state index in [4.69, 9.17) is 4.74 Å². The Hall–Kier alpha value is -0.0600. The van der Waals surface area contributed by atoms with Crippen LogP contribution < -0.4 is 10.1 Å². The number of ether oxygens (including phenoxy) is 1. The van der Waals surface area contributed by atoms with E-state index < -0.39 is 0 Å². The highest BCUT2D eigenvalue weighted by atomic mass is 79.9. The third-order valence-electron chi connectivity index (χ3n) is 2.35. The Morgan fingerprint density at radius 2 is 1.76 bits per heavy atom. The lowest BCUT2D eigenvalue weighted by molar-refractivity contribution is 0.313. The number of hydrogen-bond acceptors (Lipinski definition) is 2. The first-order chi connectivity index (χ1) is 8.33. The van der Waals surface area contributed by atoms with Crippen LogP contribution in [0.2, 0.25) is 0 Å². The fourth-order valence-corrected chi connectivity index (χ4v) is 2.08. The molecular weight excluding hydrogens is 346 g/mol. The molecule has 1 N–H and O–H groups in total. The maximum Gasteiger partial charge on any atom is 0.119 e. The van der Waals surface area contributed by atoms with Crippen LogP contribution in [0.5, 0.6) is 5.75 Å². The molecule has 1 aromatic carbocycles. The third kappa shape index (κ3) is 7.79. The second-order valence-electron chi connectivity index (χ2n) is 3.80. The van der Waals surface area contributed by atoms with E-state index in [-0.39, 0.29) is 0 Å². The Bertz CT molecular complexity index is 290. The van der Waals surface area contributed by atoms with E-state index in [9.17, 15) is 0 Å². The average Bonchev–Trinajstić information content (AvgIpc) is 2.35. The summed E-state index contributed by atoms with van der Waals surface area (Å²) in [4.78, 5) is 0. The molecule has 0 spiro atoms. The standard InChI is InChI=1S/C13H19Br2NO/c14-8-2-1-3-9-16-10-11-17-13-6-4-12(15)5-7-13/h4-7,16H,1-3,8-11H2. The molecule has 0 saturated heterocycles. The summed E-state index contributed by atoms with van der Waals surface area (Å²) in [6.45, 7) is 2.71. The van der Waals surface area contributed by atoms with E-state index >= 15 is 0 Å². The molecule has 0 aliphatic carbocycles. The molecular formula is C13H19Br2NO. The van der Waals surface area contributed by atoms with Crippen molar-refractivity contribution in [2.24, 2.45) is 0 Å². The minimum absolute atomic E-state index is 0.722. The van der Waals surface area contributed by atoms with Gasteiger partial charge in [-0.15, -0.1) is 0 Å². The fourth-order valence-electron chi connectivity index (χ4n) is 1.42. The van der Waals surface area contributed by atoms with Crippen molar-refractivity contribution in [3.05, 3.63) is 28.7 Å². The summed E-state index contributed by atoms with van der Waals surface area (Å²) in [6, 6.07) is 7.92. The normalized spacial score (nSPS) is 10.5. The fraction of sp³-hybridized carbons (Fsp3) is 0.538. The predicted octanol–water partition coefficient (Wildman–Crippen LogP) is 3.98. The smallest absolute Gasteiger partial charge is 0.119 e. The Labute approximate surface area is 120 Å². The molecule has 0 bridgehead atoms. The molecule has 4 heteroatoms. The van der Waals surface area contributed by atoms with Gasteiger partial charge < -0.3 is 10.1 Å².